The van der Waals surface area contributed by atoms with Gasteiger partial charge in [0, 0.05) is 31.1 Å². The molecule has 36 heavy (non-hydrogen) atoms. The third-order valence-corrected chi connectivity index (χ3v) is 6.33. The number of hydrogen-bond acceptors (Lipinski definition) is 8. The van der Waals surface area contributed by atoms with Crippen molar-refractivity contribution < 1.29 is 19.5 Å². The number of imidazole rings is 1. The van der Waals surface area contributed by atoms with Gasteiger partial charge in [-0.1, -0.05) is 19.3 Å². The minimum Gasteiger partial charge on any atom is -0.494 e. The van der Waals surface area contributed by atoms with Crippen molar-refractivity contribution in [2.24, 2.45) is 0 Å². The number of carbonyl (C=O) groups is 1. The predicted octanol–water partition coefficient (Wildman–Crippen LogP) is 4.14. The topological polar surface area (TPSA) is 115 Å². The summed E-state index contributed by atoms with van der Waals surface area (Å²) in [5, 5.41) is 8.50. The van der Waals surface area contributed by atoms with Crippen LogP contribution in [0.2, 0.25) is 0 Å². The molecule has 1 aromatic carbocycles. The summed E-state index contributed by atoms with van der Waals surface area (Å²) in [6.45, 7) is 7.78. The van der Waals surface area contributed by atoms with E-state index in [1.165, 1.54) is 0 Å². The van der Waals surface area contributed by atoms with E-state index in [0.29, 0.717) is 32.2 Å². The molecule has 0 atom stereocenters. The average molecular weight is 497 g/mol. The summed E-state index contributed by atoms with van der Waals surface area (Å²) in [7, 11) is 0. The Morgan fingerprint density at radius 2 is 1.81 bits per heavy atom. The zero-order chi connectivity index (χ0) is 25.3. The molecule has 4 rings (SSSR count). The number of carbonyl (C=O) groups excluding carboxylic acids is 1. The number of hydroxylamine groups is 1. The highest BCUT2D eigenvalue weighted by Gasteiger charge is 2.20. The Labute approximate surface area is 211 Å². The summed E-state index contributed by atoms with van der Waals surface area (Å²) in [5.74, 6) is 1.21. The van der Waals surface area contributed by atoms with Crippen LogP contribution in [0.15, 0.2) is 30.6 Å². The molecule has 10 nitrogen and oxygen atoms in total. The first-order valence-corrected chi connectivity index (χ1v) is 12.8. The predicted molar refractivity (Wildman–Crippen MR) is 137 cm³/mol. The molecular weight excluding hydrogens is 460 g/mol. The van der Waals surface area contributed by atoms with Crippen molar-refractivity contribution in [1.29, 1.82) is 0 Å². The molecule has 0 unspecified atom stereocenters. The first-order chi connectivity index (χ1) is 17.6. The van der Waals surface area contributed by atoms with Crippen molar-refractivity contribution in [3.63, 3.8) is 0 Å². The molecule has 1 saturated heterocycles. The van der Waals surface area contributed by atoms with Crippen molar-refractivity contribution in [3.05, 3.63) is 30.6 Å². The molecular formula is C26H36N6O4. The van der Waals surface area contributed by atoms with Crippen molar-refractivity contribution in [3.8, 4) is 17.0 Å². The van der Waals surface area contributed by atoms with Crippen LogP contribution in [0.5, 0.6) is 5.75 Å². The summed E-state index contributed by atoms with van der Waals surface area (Å²) >= 11 is 0. The van der Waals surface area contributed by atoms with Gasteiger partial charge in [-0.2, -0.15) is 4.98 Å². The molecule has 1 aliphatic rings. The fourth-order valence-electron chi connectivity index (χ4n) is 4.26. The fraction of sp³-hybridized carbons (Fsp3) is 0.538. The van der Waals surface area contributed by atoms with Crippen molar-refractivity contribution >= 4 is 23.0 Å². The van der Waals surface area contributed by atoms with Crippen LogP contribution in [0.25, 0.3) is 22.4 Å². The second-order valence-electron chi connectivity index (χ2n) is 9.32. The third kappa shape index (κ3) is 6.50. The lowest BCUT2D eigenvalue weighted by Crippen LogP contribution is -2.37. The van der Waals surface area contributed by atoms with Crippen molar-refractivity contribution in [1.82, 2.24) is 25.0 Å². The maximum atomic E-state index is 11.0. The first kappa shape index (κ1) is 25.8. The maximum absolute atomic E-state index is 11.0. The van der Waals surface area contributed by atoms with E-state index in [1.807, 2.05) is 30.6 Å². The molecule has 3 heterocycles. The summed E-state index contributed by atoms with van der Waals surface area (Å²) in [4.78, 5) is 27.6. The summed E-state index contributed by atoms with van der Waals surface area (Å²) in [6, 6.07) is 8.25. The molecule has 194 valence electrons. The Bertz CT molecular complexity index is 1130. The zero-order valence-corrected chi connectivity index (χ0v) is 21.2. The van der Waals surface area contributed by atoms with E-state index in [0.717, 1.165) is 73.4 Å². The molecule has 0 saturated carbocycles. The van der Waals surface area contributed by atoms with Crippen LogP contribution < -0.4 is 15.1 Å². The quantitative estimate of drug-likeness (QED) is 0.218. The molecule has 2 N–H and O–H groups in total. The lowest BCUT2D eigenvalue weighted by Gasteiger charge is -2.27. The highest BCUT2D eigenvalue weighted by Crippen LogP contribution is 2.30. The molecule has 0 bridgehead atoms. The van der Waals surface area contributed by atoms with Gasteiger partial charge in [0.05, 0.1) is 26.1 Å². The number of rotatable bonds is 12. The SMILES string of the molecule is CC(C)n1cnc2c(-c3ccc(OCCCCCCCC(=O)NO)cc3)nc(N3CCOCC3)nc21. The van der Waals surface area contributed by atoms with E-state index >= 15 is 0 Å². The Morgan fingerprint density at radius 3 is 2.53 bits per heavy atom. The van der Waals surface area contributed by atoms with E-state index < -0.39 is 0 Å². The van der Waals surface area contributed by atoms with Crippen LogP contribution in [0, 0.1) is 0 Å². The Balaban J connectivity index is 1.39. The number of nitrogens with zero attached hydrogens (tertiary/aromatic N) is 5. The minimum absolute atomic E-state index is 0.242. The second kappa shape index (κ2) is 12.6. The molecule has 1 fully saturated rings. The molecule has 0 aliphatic carbocycles. The summed E-state index contributed by atoms with van der Waals surface area (Å²) < 4.78 is 13.5. The van der Waals surface area contributed by atoms with Gasteiger partial charge < -0.3 is 18.9 Å². The number of unbranched alkanes of at least 4 members (excludes halogenated alkanes) is 4. The number of morpholine rings is 1. The number of anilines is 1. The van der Waals surface area contributed by atoms with Gasteiger partial charge in [-0.15, -0.1) is 0 Å². The van der Waals surface area contributed by atoms with Gasteiger partial charge in [-0.3, -0.25) is 10.0 Å². The highest BCUT2D eigenvalue weighted by atomic mass is 16.5. The van der Waals surface area contributed by atoms with Gasteiger partial charge in [0.1, 0.15) is 17.0 Å². The van der Waals surface area contributed by atoms with E-state index in [9.17, 15) is 4.79 Å². The summed E-state index contributed by atoms with van der Waals surface area (Å²) in [5.41, 5.74) is 5.10. The van der Waals surface area contributed by atoms with Gasteiger partial charge in [0.15, 0.2) is 5.65 Å². The average Bonchev–Trinajstić information content (AvgIpc) is 3.35. The normalized spacial score (nSPS) is 13.9. The maximum Gasteiger partial charge on any atom is 0.243 e. The summed E-state index contributed by atoms with van der Waals surface area (Å²) in [6.07, 6.45) is 7.00. The van der Waals surface area contributed by atoms with E-state index in [1.54, 1.807) is 5.48 Å². The number of aromatic nitrogens is 4. The molecule has 1 amide bonds. The number of fused-ring (bicyclic) bond motifs is 1. The zero-order valence-electron chi connectivity index (χ0n) is 21.2. The lowest BCUT2D eigenvalue weighted by atomic mass is 10.1. The monoisotopic (exact) mass is 496 g/mol. The van der Waals surface area contributed by atoms with Crippen molar-refractivity contribution in [2.45, 2.75) is 58.4 Å². The molecule has 1 aliphatic heterocycles. The fourth-order valence-corrected chi connectivity index (χ4v) is 4.26. The molecule has 0 spiro atoms. The Hall–Kier alpha value is -3.24. The van der Waals surface area contributed by atoms with Crippen LogP contribution in [0.3, 0.4) is 0 Å². The number of amides is 1. The molecule has 2 aromatic heterocycles. The van der Waals surface area contributed by atoms with Crippen LogP contribution in [-0.4, -0.2) is 63.5 Å². The van der Waals surface area contributed by atoms with Gasteiger partial charge in [-0.25, -0.2) is 15.4 Å². The smallest absolute Gasteiger partial charge is 0.243 e. The molecule has 3 aromatic rings. The van der Waals surface area contributed by atoms with Crippen LogP contribution in [0.1, 0.15) is 58.4 Å². The van der Waals surface area contributed by atoms with Crippen LogP contribution in [0.4, 0.5) is 5.95 Å². The number of benzene rings is 1. The standard InChI is InChI=1S/C26H36N6O4/c1-19(2)32-18-27-24-23(28-26(29-25(24)32)31-13-16-35-17-14-31)20-9-11-21(12-10-20)36-15-7-5-3-4-6-8-22(33)30-34/h9-12,18-19,34H,3-8,13-17H2,1-2H3,(H,30,33). The van der Waals surface area contributed by atoms with Gasteiger partial charge in [0.25, 0.3) is 0 Å². The third-order valence-electron chi connectivity index (χ3n) is 6.33. The van der Waals surface area contributed by atoms with E-state index in [-0.39, 0.29) is 11.9 Å². The van der Waals surface area contributed by atoms with Gasteiger partial charge >= 0.3 is 0 Å². The van der Waals surface area contributed by atoms with Gasteiger partial charge in [0.2, 0.25) is 11.9 Å². The van der Waals surface area contributed by atoms with Crippen LogP contribution in [-0.2, 0) is 9.53 Å². The Kier molecular flexibility index (Phi) is 9.07. The first-order valence-electron chi connectivity index (χ1n) is 12.8. The van der Waals surface area contributed by atoms with Crippen LogP contribution >= 0.6 is 0 Å². The largest absolute Gasteiger partial charge is 0.494 e. The van der Waals surface area contributed by atoms with E-state index in [2.05, 4.69) is 28.3 Å². The van der Waals surface area contributed by atoms with E-state index in [4.69, 9.17) is 24.6 Å². The number of hydrogen-bond donors (Lipinski definition) is 2. The number of nitrogens with one attached hydrogen (secondary N) is 1. The lowest BCUT2D eigenvalue weighted by molar-refractivity contribution is -0.129. The molecule has 10 heteroatoms. The second-order valence-corrected chi connectivity index (χ2v) is 9.32. The van der Waals surface area contributed by atoms with Gasteiger partial charge in [-0.05, 0) is 51.0 Å². The highest BCUT2D eigenvalue weighted by molar-refractivity contribution is 5.88. The van der Waals surface area contributed by atoms with Crippen molar-refractivity contribution in [2.75, 3.05) is 37.8 Å². The minimum atomic E-state index is -0.324. The number of ether oxygens (including phenoxy) is 2. The Morgan fingerprint density at radius 1 is 1.08 bits per heavy atom. The molecule has 0 radical (unpaired) electrons.